The number of aliphatic hydroxyl groups is 1. The normalized spacial score (nSPS) is 14.1. The summed E-state index contributed by atoms with van der Waals surface area (Å²) in [6, 6.07) is 14.1. The van der Waals surface area contributed by atoms with E-state index >= 15 is 0 Å². The fourth-order valence-electron chi connectivity index (χ4n) is 3.21. The van der Waals surface area contributed by atoms with Crippen molar-refractivity contribution in [3.05, 3.63) is 70.4 Å². The lowest BCUT2D eigenvalue weighted by Crippen LogP contribution is -2.34. The van der Waals surface area contributed by atoms with Gasteiger partial charge in [-0.2, -0.15) is 0 Å². The highest BCUT2D eigenvalue weighted by atomic mass is 35.5. The second-order valence-corrected chi connectivity index (χ2v) is 6.76. The van der Waals surface area contributed by atoms with Crippen LogP contribution < -0.4 is 4.74 Å². The molecule has 3 rings (SSSR count). The van der Waals surface area contributed by atoms with Crippen molar-refractivity contribution in [2.45, 2.75) is 6.54 Å². The molecule has 0 aromatic heterocycles. The monoisotopic (exact) mass is 400 g/mol. The van der Waals surface area contributed by atoms with E-state index in [9.17, 15) is 14.7 Å². The number of hydrogen-bond acceptors (Lipinski definition) is 5. The number of imide groups is 1. The van der Waals surface area contributed by atoms with Crippen molar-refractivity contribution in [1.29, 1.82) is 0 Å². The van der Waals surface area contributed by atoms with Crippen molar-refractivity contribution < 1.29 is 19.4 Å². The molecule has 1 N–H and O–H groups in total. The first kappa shape index (κ1) is 19.9. The van der Waals surface area contributed by atoms with Crippen molar-refractivity contribution in [3.63, 3.8) is 0 Å². The predicted molar refractivity (Wildman–Crippen MR) is 107 cm³/mol. The fraction of sp³-hybridized carbons (Fsp3) is 0.238. The van der Waals surface area contributed by atoms with Gasteiger partial charge in [0.25, 0.3) is 11.8 Å². The van der Waals surface area contributed by atoms with Gasteiger partial charge in [-0.3, -0.25) is 14.5 Å². The fourth-order valence-corrected chi connectivity index (χ4v) is 3.41. The molecule has 146 valence electrons. The molecular formula is C21H21ClN2O4. The number of aliphatic hydroxyl groups excluding tert-OH is 1. The van der Waals surface area contributed by atoms with Crippen LogP contribution in [0.4, 0.5) is 0 Å². The Morgan fingerprint density at radius 3 is 2.43 bits per heavy atom. The van der Waals surface area contributed by atoms with Gasteiger partial charge in [0.15, 0.2) is 0 Å². The van der Waals surface area contributed by atoms with Crippen LogP contribution in [0, 0.1) is 0 Å². The van der Waals surface area contributed by atoms with Crippen LogP contribution in [-0.4, -0.2) is 54.0 Å². The molecule has 0 unspecified atom stereocenters. The molecular weight excluding hydrogens is 380 g/mol. The number of methoxy groups -OCH3 is 1. The Hall–Kier alpha value is -2.83. The number of carbonyl (C=O) groups is 2. The Labute approximate surface area is 168 Å². The molecule has 0 saturated heterocycles. The predicted octanol–water partition coefficient (Wildman–Crippen LogP) is 2.55. The third-order valence-electron chi connectivity index (χ3n) is 4.62. The highest BCUT2D eigenvalue weighted by molar-refractivity contribution is 6.36. The van der Waals surface area contributed by atoms with Gasteiger partial charge in [0.2, 0.25) is 0 Å². The van der Waals surface area contributed by atoms with Gasteiger partial charge in [0.05, 0.1) is 25.8 Å². The van der Waals surface area contributed by atoms with E-state index in [1.54, 1.807) is 60.5 Å². The molecule has 0 aliphatic carbocycles. The molecule has 1 aliphatic heterocycles. The number of carbonyl (C=O) groups excluding carboxylic acids is 2. The second-order valence-electron chi connectivity index (χ2n) is 6.36. The van der Waals surface area contributed by atoms with Crippen LogP contribution >= 0.6 is 11.6 Å². The summed E-state index contributed by atoms with van der Waals surface area (Å²) >= 11 is 6.22. The molecule has 0 saturated carbocycles. The van der Waals surface area contributed by atoms with Gasteiger partial charge < -0.3 is 14.7 Å². The Bertz CT molecular complexity index is 942. The first-order valence-corrected chi connectivity index (χ1v) is 9.16. The molecule has 2 amide bonds. The maximum Gasteiger partial charge on any atom is 0.278 e. The van der Waals surface area contributed by atoms with Crippen LogP contribution in [0.2, 0.25) is 5.02 Å². The molecule has 0 spiro atoms. The minimum atomic E-state index is -0.429. The van der Waals surface area contributed by atoms with Crippen molar-refractivity contribution in [3.8, 4) is 5.75 Å². The second kappa shape index (κ2) is 8.46. The highest BCUT2D eigenvalue weighted by Crippen LogP contribution is 2.36. The molecule has 0 radical (unpaired) electrons. The lowest BCUT2D eigenvalue weighted by molar-refractivity contribution is -0.138. The quantitative estimate of drug-likeness (QED) is 0.723. The molecule has 2 aromatic rings. The van der Waals surface area contributed by atoms with E-state index in [4.69, 9.17) is 16.3 Å². The van der Waals surface area contributed by atoms with Crippen LogP contribution in [0.1, 0.15) is 11.1 Å². The van der Waals surface area contributed by atoms with Crippen molar-refractivity contribution in [2.24, 2.45) is 0 Å². The average molecular weight is 401 g/mol. The number of para-hydroxylation sites is 1. The molecule has 0 atom stereocenters. The van der Waals surface area contributed by atoms with E-state index in [1.165, 1.54) is 12.0 Å². The number of ether oxygens (including phenoxy) is 1. The molecule has 0 bridgehead atoms. The van der Waals surface area contributed by atoms with Crippen LogP contribution in [0.15, 0.2) is 54.2 Å². The average Bonchev–Trinajstić information content (AvgIpc) is 2.94. The van der Waals surface area contributed by atoms with Gasteiger partial charge in [0, 0.05) is 24.2 Å². The lowest BCUT2D eigenvalue weighted by atomic mass is 10.0. The minimum absolute atomic E-state index is 0.0620. The molecule has 1 aliphatic rings. The summed E-state index contributed by atoms with van der Waals surface area (Å²) in [4.78, 5) is 29.2. The number of halogens is 1. The van der Waals surface area contributed by atoms with Gasteiger partial charge in [-0.1, -0.05) is 48.0 Å². The maximum atomic E-state index is 13.3. The number of benzene rings is 2. The van der Waals surface area contributed by atoms with E-state index in [2.05, 4.69) is 0 Å². The number of likely N-dealkylation sites (N-methyl/N-ethyl adjacent to an activating group) is 1. The highest BCUT2D eigenvalue weighted by Gasteiger charge is 2.41. The standard InChI is InChI=1S/C21H21ClN2O4/c1-23(11-12-25)19-18(15-8-4-6-10-17(15)28-2)20(26)24(21(19)27)13-14-7-3-5-9-16(14)22/h3-10,25H,11-13H2,1-2H3. The maximum absolute atomic E-state index is 13.3. The first-order valence-electron chi connectivity index (χ1n) is 8.78. The molecule has 7 heteroatoms. The third kappa shape index (κ3) is 3.61. The third-order valence-corrected chi connectivity index (χ3v) is 4.99. The summed E-state index contributed by atoms with van der Waals surface area (Å²) in [5.41, 5.74) is 1.70. The summed E-state index contributed by atoms with van der Waals surface area (Å²) in [5, 5.41) is 9.81. The summed E-state index contributed by atoms with van der Waals surface area (Å²) in [6.45, 7) is 0.130. The number of rotatable bonds is 7. The largest absolute Gasteiger partial charge is 0.496 e. The van der Waals surface area contributed by atoms with E-state index in [0.717, 1.165) is 0 Å². The Morgan fingerprint density at radius 2 is 1.75 bits per heavy atom. The first-order chi connectivity index (χ1) is 13.5. The SMILES string of the molecule is COc1ccccc1C1=C(N(C)CCO)C(=O)N(Cc2ccccc2Cl)C1=O. The summed E-state index contributed by atoms with van der Waals surface area (Å²) in [5.74, 6) is -0.357. The molecule has 0 fully saturated rings. The minimum Gasteiger partial charge on any atom is -0.496 e. The van der Waals surface area contributed by atoms with Crippen LogP contribution in [-0.2, 0) is 16.1 Å². The lowest BCUT2D eigenvalue weighted by Gasteiger charge is -2.20. The molecule has 1 heterocycles. The van der Waals surface area contributed by atoms with Gasteiger partial charge in [0.1, 0.15) is 11.4 Å². The summed E-state index contributed by atoms with van der Waals surface area (Å²) in [6.07, 6.45) is 0. The zero-order valence-corrected chi connectivity index (χ0v) is 16.4. The Balaban J connectivity index is 2.08. The summed E-state index contributed by atoms with van der Waals surface area (Å²) < 4.78 is 5.40. The number of hydrogen-bond donors (Lipinski definition) is 1. The smallest absolute Gasteiger partial charge is 0.278 e. The Kier molecular flexibility index (Phi) is 6.02. The number of nitrogens with zero attached hydrogens (tertiary/aromatic N) is 2. The van der Waals surface area contributed by atoms with E-state index < -0.39 is 11.8 Å². The van der Waals surface area contributed by atoms with Crippen LogP contribution in [0.5, 0.6) is 5.75 Å². The summed E-state index contributed by atoms with van der Waals surface area (Å²) in [7, 11) is 3.18. The van der Waals surface area contributed by atoms with Gasteiger partial charge >= 0.3 is 0 Å². The van der Waals surface area contributed by atoms with Crippen LogP contribution in [0.25, 0.3) is 5.57 Å². The van der Waals surface area contributed by atoms with E-state index in [0.29, 0.717) is 21.9 Å². The molecule has 6 nitrogen and oxygen atoms in total. The van der Waals surface area contributed by atoms with E-state index in [1.807, 2.05) is 0 Å². The van der Waals surface area contributed by atoms with Crippen LogP contribution in [0.3, 0.4) is 0 Å². The number of amides is 2. The van der Waals surface area contributed by atoms with Crippen molar-refractivity contribution >= 4 is 29.0 Å². The zero-order chi connectivity index (χ0) is 20.3. The van der Waals surface area contributed by atoms with E-state index in [-0.39, 0.29) is 31.0 Å². The topological polar surface area (TPSA) is 70.1 Å². The molecule has 28 heavy (non-hydrogen) atoms. The van der Waals surface area contributed by atoms with Crippen molar-refractivity contribution in [2.75, 3.05) is 27.3 Å². The van der Waals surface area contributed by atoms with Gasteiger partial charge in [-0.15, -0.1) is 0 Å². The zero-order valence-electron chi connectivity index (χ0n) is 15.7. The van der Waals surface area contributed by atoms with Crippen molar-refractivity contribution in [1.82, 2.24) is 9.80 Å². The Morgan fingerprint density at radius 1 is 1.07 bits per heavy atom. The van der Waals surface area contributed by atoms with Gasteiger partial charge in [-0.05, 0) is 17.7 Å². The molecule has 2 aromatic carbocycles. The van der Waals surface area contributed by atoms with Gasteiger partial charge in [-0.25, -0.2) is 0 Å².